The van der Waals surface area contributed by atoms with E-state index in [2.05, 4.69) is 5.43 Å². The average Bonchev–Trinajstić information content (AvgIpc) is 3.07. The van der Waals surface area contributed by atoms with Crippen molar-refractivity contribution in [2.45, 2.75) is 6.42 Å². The maximum Gasteiger partial charge on any atom is 0.356 e. The number of amides is 1. The number of ketones is 1. The van der Waals surface area contributed by atoms with Crippen LogP contribution in [0, 0.1) is 0 Å². The molecule has 6 nitrogen and oxygen atoms in total. The molecule has 0 aliphatic carbocycles. The normalized spacial score (nSPS) is 13.9. The molecule has 0 unspecified atom stereocenters. The molecular formula is C17H13ClN2O4S. The number of halogens is 1. The summed E-state index contributed by atoms with van der Waals surface area (Å²) in [5, 5.41) is 1.28. The highest BCUT2D eigenvalue weighted by molar-refractivity contribution is 7.18. The lowest BCUT2D eigenvalue weighted by atomic mass is 10.2. The van der Waals surface area contributed by atoms with Gasteiger partial charge in [0, 0.05) is 6.42 Å². The Morgan fingerprint density at radius 3 is 2.64 bits per heavy atom. The zero-order valence-electron chi connectivity index (χ0n) is 12.9. The van der Waals surface area contributed by atoms with Crippen molar-refractivity contribution < 1.29 is 19.1 Å². The molecule has 1 amide bonds. The smallest absolute Gasteiger partial charge is 0.356 e. The molecule has 1 N–H and O–H groups in total. The van der Waals surface area contributed by atoms with Gasteiger partial charge in [0.1, 0.15) is 5.70 Å². The van der Waals surface area contributed by atoms with E-state index in [1.165, 1.54) is 11.1 Å². The number of carbonyl (C=O) groups excluding carboxylic acids is 3. The first-order valence-corrected chi connectivity index (χ1v) is 8.54. The summed E-state index contributed by atoms with van der Waals surface area (Å²) >= 11 is 6.90. The molecule has 0 fully saturated rings. The summed E-state index contributed by atoms with van der Waals surface area (Å²) in [5.41, 5.74) is 3.45. The third-order valence-electron chi connectivity index (χ3n) is 3.38. The van der Waals surface area contributed by atoms with Crippen molar-refractivity contribution in [1.29, 1.82) is 0 Å². The fraction of sp³-hybridized carbons (Fsp3) is 0.118. The summed E-state index contributed by atoms with van der Waals surface area (Å²) in [6.45, 7) is -0.395. The molecule has 1 aromatic carbocycles. The van der Waals surface area contributed by atoms with Gasteiger partial charge in [0.15, 0.2) is 6.61 Å². The third kappa shape index (κ3) is 4.07. The molecule has 2 aromatic rings. The van der Waals surface area contributed by atoms with Gasteiger partial charge in [-0.15, -0.1) is 11.3 Å². The number of esters is 1. The first-order valence-electron chi connectivity index (χ1n) is 7.35. The number of nitrogens with one attached hydrogen (secondary N) is 1. The number of benzene rings is 1. The minimum atomic E-state index is -0.704. The molecule has 3 rings (SSSR count). The van der Waals surface area contributed by atoms with E-state index in [-0.39, 0.29) is 23.8 Å². The topological polar surface area (TPSA) is 75.7 Å². The van der Waals surface area contributed by atoms with E-state index in [0.29, 0.717) is 14.9 Å². The number of hydrogen-bond donors (Lipinski definition) is 1. The van der Waals surface area contributed by atoms with Gasteiger partial charge < -0.3 is 4.74 Å². The molecule has 0 atom stereocenters. The monoisotopic (exact) mass is 376 g/mol. The van der Waals surface area contributed by atoms with Crippen molar-refractivity contribution in [3.8, 4) is 0 Å². The van der Waals surface area contributed by atoms with E-state index in [0.717, 1.165) is 11.3 Å². The zero-order chi connectivity index (χ0) is 17.8. The van der Waals surface area contributed by atoms with E-state index in [9.17, 15) is 14.4 Å². The second-order valence-corrected chi connectivity index (χ2v) is 6.82. The molecule has 0 radical (unpaired) electrons. The number of ether oxygens (including phenoxy) is 1. The van der Waals surface area contributed by atoms with Crippen LogP contribution in [0.15, 0.2) is 54.2 Å². The fourth-order valence-electron chi connectivity index (χ4n) is 2.17. The average molecular weight is 377 g/mol. The summed E-state index contributed by atoms with van der Waals surface area (Å²) in [6.07, 6.45) is 1.50. The van der Waals surface area contributed by atoms with Crippen molar-refractivity contribution in [3.05, 3.63) is 63.5 Å². The highest BCUT2D eigenvalue weighted by Gasteiger charge is 2.25. The summed E-state index contributed by atoms with van der Waals surface area (Å²) in [7, 11) is 0. The third-order valence-corrected chi connectivity index (χ3v) is 4.65. The number of hydrogen-bond acceptors (Lipinski definition) is 6. The van der Waals surface area contributed by atoms with Crippen LogP contribution < -0.4 is 10.4 Å². The van der Waals surface area contributed by atoms with Gasteiger partial charge in [-0.2, -0.15) is 0 Å². The Morgan fingerprint density at radius 1 is 1.20 bits per heavy atom. The van der Waals surface area contributed by atoms with Crippen LogP contribution >= 0.6 is 22.9 Å². The minimum absolute atomic E-state index is 0.0564. The molecule has 0 saturated carbocycles. The van der Waals surface area contributed by atoms with E-state index in [1.54, 1.807) is 36.4 Å². The standard InChI is InChI=1S/C17H13ClN2O4S/c18-15-8-7-14(25-15)13(21)10-24-17(23)12-6-9-16(22)20(19-12)11-4-2-1-3-5-11/h1-8,19H,9-10H2. The number of anilines is 1. The SMILES string of the molecule is O=C(OCC(=O)c1ccc(Cl)s1)C1=CCC(=O)N(c2ccccc2)N1. The molecule has 128 valence electrons. The van der Waals surface area contributed by atoms with Crippen LogP contribution in [0.25, 0.3) is 0 Å². The van der Waals surface area contributed by atoms with Crippen molar-refractivity contribution in [3.63, 3.8) is 0 Å². The number of thiophene rings is 1. The highest BCUT2D eigenvalue weighted by atomic mass is 35.5. The minimum Gasteiger partial charge on any atom is -0.453 e. The molecule has 1 aliphatic heterocycles. The lowest BCUT2D eigenvalue weighted by Crippen LogP contribution is -2.47. The van der Waals surface area contributed by atoms with Gasteiger partial charge in [-0.25, -0.2) is 9.80 Å². The number of hydrazine groups is 1. The van der Waals surface area contributed by atoms with Crippen LogP contribution in [0.2, 0.25) is 4.34 Å². The van der Waals surface area contributed by atoms with Gasteiger partial charge in [0.05, 0.1) is 14.9 Å². The van der Waals surface area contributed by atoms with Crippen LogP contribution in [-0.4, -0.2) is 24.3 Å². The molecule has 1 aromatic heterocycles. The van der Waals surface area contributed by atoms with Gasteiger partial charge in [0.25, 0.3) is 0 Å². The van der Waals surface area contributed by atoms with Crippen LogP contribution in [0.5, 0.6) is 0 Å². The van der Waals surface area contributed by atoms with Crippen LogP contribution in [0.1, 0.15) is 16.1 Å². The summed E-state index contributed by atoms with van der Waals surface area (Å²) in [5.74, 6) is -1.24. The van der Waals surface area contributed by atoms with E-state index in [1.807, 2.05) is 6.07 Å². The number of para-hydroxylation sites is 1. The van der Waals surface area contributed by atoms with Gasteiger partial charge >= 0.3 is 5.97 Å². The highest BCUT2D eigenvalue weighted by Crippen LogP contribution is 2.22. The Bertz CT molecular complexity index is 847. The predicted molar refractivity (Wildman–Crippen MR) is 94.4 cm³/mol. The van der Waals surface area contributed by atoms with Crippen molar-refractivity contribution in [1.82, 2.24) is 5.43 Å². The second kappa shape index (κ2) is 7.50. The predicted octanol–water partition coefficient (Wildman–Crippen LogP) is 2.95. The number of Topliss-reactive ketones (excluding diaryl/α,β-unsaturated/α-hetero) is 1. The van der Waals surface area contributed by atoms with Gasteiger partial charge in [0.2, 0.25) is 11.7 Å². The van der Waals surface area contributed by atoms with Crippen LogP contribution in [0.3, 0.4) is 0 Å². The first kappa shape index (κ1) is 17.2. The van der Waals surface area contributed by atoms with E-state index >= 15 is 0 Å². The largest absolute Gasteiger partial charge is 0.453 e. The number of carbonyl (C=O) groups is 3. The Hall–Kier alpha value is -2.64. The Kier molecular flexibility index (Phi) is 5.16. The van der Waals surface area contributed by atoms with Crippen molar-refractivity contribution in [2.75, 3.05) is 11.6 Å². The van der Waals surface area contributed by atoms with E-state index < -0.39 is 12.6 Å². The zero-order valence-corrected chi connectivity index (χ0v) is 14.5. The van der Waals surface area contributed by atoms with Gasteiger partial charge in [-0.05, 0) is 30.3 Å². The maximum atomic E-state index is 12.2. The molecule has 8 heteroatoms. The van der Waals surface area contributed by atoms with Gasteiger partial charge in [-0.3, -0.25) is 15.0 Å². The van der Waals surface area contributed by atoms with Gasteiger partial charge in [-0.1, -0.05) is 29.8 Å². The molecule has 1 aliphatic rings. The molecule has 0 spiro atoms. The number of nitrogens with zero attached hydrogens (tertiary/aromatic N) is 1. The lowest BCUT2D eigenvalue weighted by molar-refractivity contribution is -0.138. The Labute approximate surface area is 152 Å². The maximum absolute atomic E-state index is 12.2. The Morgan fingerprint density at radius 2 is 1.96 bits per heavy atom. The van der Waals surface area contributed by atoms with Crippen LogP contribution in [0.4, 0.5) is 5.69 Å². The van der Waals surface area contributed by atoms with Crippen LogP contribution in [-0.2, 0) is 14.3 Å². The molecule has 2 heterocycles. The Balaban J connectivity index is 1.62. The summed E-state index contributed by atoms with van der Waals surface area (Å²) < 4.78 is 5.52. The molecule has 0 bridgehead atoms. The second-order valence-electron chi connectivity index (χ2n) is 5.10. The number of rotatable bonds is 5. The van der Waals surface area contributed by atoms with Crippen molar-refractivity contribution >= 4 is 46.3 Å². The summed E-state index contributed by atoms with van der Waals surface area (Å²) in [6, 6.07) is 12.1. The fourth-order valence-corrected chi connectivity index (χ4v) is 3.14. The molecular weight excluding hydrogens is 364 g/mol. The van der Waals surface area contributed by atoms with E-state index in [4.69, 9.17) is 16.3 Å². The molecule has 25 heavy (non-hydrogen) atoms. The quantitative estimate of drug-likeness (QED) is 0.641. The molecule has 0 saturated heterocycles. The van der Waals surface area contributed by atoms with Crippen molar-refractivity contribution in [2.24, 2.45) is 0 Å². The first-order chi connectivity index (χ1) is 12.0. The lowest BCUT2D eigenvalue weighted by Gasteiger charge is -2.28. The summed E-state index contributed by atoms with van der Waals surface area (Å²) in [4.78, 5) is 36.5.